The van der Waals surface area contributed by atoms with Crippen LogP contribution in [0.2, 0.25) is 0 Å². The number of aliphatic hydroxyl groups is 1. The number of benzene rings is 1. The summed E-state index contributed by atoms with van der Waals surface area (Å²) in [6.45, 7) is 6.50. The summed E-state index contributed by atoms with van der Waals surface area (Å²) in [5.41, 5.74) is 2.65. The van der Waals surface area contributed by atoms with Crippen molar-refractivity contribution in [3.8, 4) is 0 Å². The van der Waals surface area contributed by atoms with Gasteiger partial charge in [0.1, 0.15) is 0 Å². The lowest BCUT2D eigenvalue weighted by Gasteiger charge is -2.12. The minimum atomic E-state index is -0.273. The van der Waals surface area contributed by atoms with Crippen molar-refractivity contribution in [3.05, 3.63) is 35.4 Å². The van der Waals surface area contributed by atoms with E-state index in [1.165, 1.54) is 5.56 Å². The molecule has 1 nitrogen and oxygen atoms in total. The molecule has 1 fully saturated rings. The Morgan fingerprint density at radius 3 is 2.21 bits per heavy atom. The van der Waals surface area contributed by atoms with E-state index >= 15 is 0 Å². The molecular formula is C13H18O. The van der Waals surface area contributed by atoms with Crippen molar-refractivity contribution in [2.24, 2.45) is 11.3 Å². The van der Waals surface area contributed by atoms with Crippen molar-refractivity contribution in [1.82, 2.24) is 0 Å². The van der Waals surface area contributed by atoms with Crippen LogP contribution < -0.4 is 0 Å². The molecule has 0 aliphatic heterocycles. The van der Waals surface area contributed by atoms with Gasteiger partial charge in [-0.2, -0.15) is 0 Å². The SMILES string of the molecule is Cc1ccc(C(O)C2CC2(C)C)cc1. The normalized spacial score (nSPS) is 25.9. The fraction of sp³-hybridized carbons (Fsp3) is 0.538. The van der Waals surface area contributed by atoms with Crippen LogP contribution in [-0.4, -0.2) is 5.11 Å². The second-order valence-electron chi connectivity index (χ2n) is 5.15. The zero-order valence-corrected chi connectivity index (χ0v) is 9.12. The first-order valence-corrected chi connectivity index (χ1v) is 5.25. The molecule has 1 heteroatoms. The summed E-state index contributed by atoms with van der Waals surface area (Å²) < 4.78 is 0. The highest BCUT2D eigenvalue weighted by molar-refractivity contribution is 5.25. The van der Waals surface area contributed by atoms with Gasteiger partial charge in [0.25, 0.3) is 0 Å². The third-order valence-corrected chi connectivity index (χ3v) is 3.39. The van der Waals surface area contributed by atoms with Crippen molar-refractivity contribution < 1.29 is 5.11 Å². The maximum absolute atomic E-state index is 10.1. The summed E-state index contributed by atoms with van der Waals surface area (Å²) in [5.74, 6) is 0.449. The van der Waals surface area contributed by atoms with Crippen LogP contribution in [0.4, 0.5) is 0 Å². The smallest absolute Gasteiger partial charge is 0.0823 e. The van der Waals surface area contributed by atoms with Crippen LogP contribution in [0.25, 0.3) is 0 Å². The van der Waals surface area contributed by atoms with Crippen LogP contribution in [0.5, 0.6) is 0 Å². The van der Waals surface area contributed by atoms with E-state index in [9.17, 15) is 5.11 Å². The first-order chi connectivity index (χ1) is 6.50. The largest absolute Gasteiger partial charge is 0.388 e. The van der Waals surface area contributed by atoms with Crippen LogP contribution in [0.3, 0.4) is 0 Å². The number of aryl methyl sites for hydroxylation is 1. The molecule has 0 radical (unpaired) electrons. The molecule has 2 atom stereocenters. The monoisotopic (exact) mass is 190 g/mol. The van der Waals surface area contributed by atoms with Gasteiger partial charge in [0, 0.05) is 0 Å². The Balaban J connectivity index is 2.13. The summed E-state index contributed by atoms with van der Waals surface area (Å²) in [4.78, 5) is 0. The van der Waals surface area contributed by atoms with Gasteiger partial charge in [-0.1, -0.05) is 43.7 Å². The molecule has 0 amide bonds. The highest BCUT2D eigenvalue weighted by Gasteiger charge is 2.50. The van der Waals surface area contributed by atoms with E-state index in [1.54, 1.807) is 0 Å². The van der Waals surface area contributed by atoms with Crippen molar-refractivity contribution >= 4 is 0 Å². The predicted octanol–water partition coefficient (Wildman–Crippen LogP) is 3.07. The number of rotatable bonds is 2. The molecule has 1 aromatic carbocycles. The maximum atomic E-state index is 10.1. The topological polar surface area (TPSA) is 20.2 Å². The maximum Gasteiger partial charge on any atom is 0.0823 e. The average Bonchev–Trinajstić information content (AvgIpc) is 2.75. The Hall–Kier alpha value is -0.820. The van der Waals surface area contributed by atoms with Gasteiger partial charge in [-0.05, 0) is 30.2 Å². The second-order valence-corrected chi connectivity index (χ2v) is 5.15. The molecule has 1 aromatic rings. The van der Waals surface area contributed by atoms with Crippen molar-refractivity contribution in [2.75, 3.05) is 0 Å². The average molecular weight is 190 g/mol. The second kappa shape index (κ2) is 3.09. The Morgan fingerprint density at radius 2 is 1.79 bits per heavy atom. The van der Waals surface area contributed by atoms with Gasteiger partial charge >= 0.3 is 0 Å². The lowest BCUT2D eigenvalue weighted by atomic mass is 9.99. The Bertz CT molecular complexity index is 324. The number of aliphatic hydroxyl groups excluding tert-OH is 1. The Kier molecular flexibility index (Phi) is 2.15. The molecule has 0 spiro atoms. The molecule has 1 saturated carbocycles. The first-order valence-electron chi connectivity index (χ1n) is 5.25. The van der Waals surface area contributed by atoms with Gasteiger partial charge in [0.2, 0.25) is 0 Å². The molecule has 0 saturated heterocycles. The summed E-state index contributed by atoms with van der Waals surface area (Å²) in [6.07, 6.45) is 0.868. The molecule has 0 aromatic heterocycles. The highest BCUT2D eigenvalue weighted by atomic mass is 16.3. The Morgan fingerprint density at radius 1 is 1.29 bits per heavy atom. The standard InChI is InChI=1S/C13H18O/c1-9-4-6-10(7-5-9)12(14)11-8-13(11,2)3/h4-7,11-12,14H,8H2,1-3H3. The molecule has 1 aliphatic rings. The van der Waals surface area contributed by atoms with E-state index < -0.39 is 0 Å². The van der Waals surface area contributed by atoms with E-state index in [2.05, 4.69) is 32.9 Å². The summed E-state index contributed by atoms with van der Waals surface area (Å²) in [6, 6.07) is 8.20. The third-order valence-electron chi connectivity index (χ3n) is 3.39. The van der Waals surface area contributed by atoms with Crippen LogP contribution >= 0.6 is 0 Å². The molecular weight excluding hydrogens is 172 g/mol. The third kappa shape index (κ3) is 1.69. The molecule has 1 N–H and O–H groups in total. The first kappa shape index (κ1) is 9.72. The van der Waals surface area contributed by atoms with Gasteiger partial charge in [-0.15, -0.1) is 0 Å². The van der Waals surface area contributed by atoms with E-state index in [1.807, 2.05) is 12.1 Å². The van der Waals surface area contributed by atoms with E-state index in [4.69, 9.17) is 0 Å². The van der Waals surface area contributed by atoms with Crippen LogP contribution in [0.15, 0.2) is 24.3 Å². The fourth-order valence-corrected chi connectivity index (χ4v) is 2.04. The molecule has 0 bridgehead atoms. The molecule has 14 heavy (non-hydrogen) atoms. The predicted molar refractivity (Wildman–Crippen MR) is 58.0 cm³/mol. The lowest BCUT2D eigenvalue weighted by molar-refractivity contribution is 0.138. The number of hydrogen-bond donors (Lipinski definition) is 1. The quantitative estimate of drug-likeness (QED) is 0.760. The summed E-state index contributed by atoms with van der Waals surface area (Å²) in [7, 11) is 0. The van der Waals surface area contributed by atoms with Crippen LogP contribution in [0.1, 0.15) is 37.5 Å². The summed E-state index contributed by atoms with van der Waals surface area (Å²) in [5, 5.41) is 10.1. The lowest BCUT2D eigenvalue weighted by Crippen LogP contribution is -2.04. The highest BCUT2D eigenvalue weighted by Crippen LogP contribution is 2.57. The van der Waals surface area contributed by atoms with Gasteiger partial charge in [-0.3, -0.25) is 0 Å². The van der Waals surface area contributed by atoms with Gasteiger partial charge in [0.15, 0.2) is 0 Å². The molecule has 76 valence electrons. The van der Waals surface area contributed by atoms with E-state index in [0.29, 0.717) is 11.3 Å². The zero-order valence-electron chi connectivity index (χ0n) is 9.12. The van der Waals surface area contributed by atoms with Crippen LogP contribution in [0, 0.1) is 18.3 Å². The minimum absolute atomic E-state index is 0.273. The molecule has 1 aliphatic carbocycles. The zero-order chi connectivity index (χ0) is 10.3. The van der Waals surface area contributed by atoms with Gasteiger partial charge < -0.3 is 5.11 Å². The van der Waals surface area contributed by atoms with Gasteiger partial charge in [-0.25, -0.2) is 0 Å². The molecule has 0 heterocycles. The van der Waals surface area contributed by atoms with Crippen molar-refractivity contribution in [1.29, 1.82) is 0 Å². The Labute approximate surface area is 85.8 Å². The van der Waals surface area contributed by atoms with E-state index in [-0.39, 0.29) is 6.10 Å². The minimum Gasteiger partial charge on any atom is -0.388 e. The van der Waals surface area contributed by atoms with Crippen LogP contribution in [-0.2, 0) is 0 Å². The van der Waals surface area contributed by atoms with E-state index in [0.717, 1.165) is 12.0 Å². The van der Waals surface area contributed by atoms with Crippen molar-refractivity contribution in [2.45, 2.75) is 33.3 Å². The van der Waals surface area contributed by atoms with Gasteiger partial charge in [0.05, 0.1) is 6.10 Å². The molecule has 2 unspecified atom stereocenters. The fourth-order valence-electron chi connectivity index (χ4n) is 2.04. The summed E-state index contributed by atoms with van der Waals surface area (Å²) >= 11 is 0. The van der Waals surface area contributed by atoms with Crippen molar-refractivity contribution in [3.63, 3.8) is 0 Å². The number of hydrogen-bond acceptors (Lipinski definition) is 1. The molecule has 2 rings (SSSR count).